The fourth-order valence-corrected chi connectivity index (χ4v) is 4.15. The molecule has 0 aliphatic carbocycles. The molecule has 0 amide bonds. The number of carbonyl (C=O) groups is 1. The quantitative estimate of drug-likeness (QED) is 0.156. The number of hydrogen-bond acceptors (Lipinski definition) is 2. The summed E-state index contributed by atoms with van der Waals surface area (Å²) in [6.45, 7) is 8.50. The van der Waals surface area contributed by atoms with E-state index in [0.717, 1.165) is 18.7 Å². The molecule has 0 heterocycles. The van der Waals surface area contributed by atoms with Gasteiger partial charge in [0.2, 0.25) is 0 Å². The van der Waals surface area contributed by atoms with Gasteiger partial charge in [0.25, 0.3) is 0 Å². The number of ketones is 1. The topological polar surface area (TPSA) is 20.3 Å². The van der Waals surface area contributed by atoms with Gasteiger partial charge in [-0.15, -0.1) is 0 Å². The van der Waals surface area contributed by atoms with Crippen LogP contribution in [0.3, 0.4) is 0 Å². The van der Waals surface area contributed by atoms with Crippen LogP contribution in [0, 0.1) is 0 Å². The summed E-state index contributed by atoms with van der Waals surface area (Å²) < 4.78 is 0. The first-order chi connectivity index (χ1) is 14.7. The summed E-state index contributed by atoms with van der Waals surface area (Å²) in [4.78, 5) is 14.1. The summed E-state index contributed by atoms with van der Waals surface area (Å²) in [7, 11) is 0. The lowest BCUT2D eigenvalue weighted by atomic mass is 10.1. The van der Waals surface area contributed by atoms with Crippen molar-refractivity contribution in [3.63, 3.8) is 0 Å². The zero-order chi connectivity index (χ0) is 21.9. The molecule has 1 rings (SSSR count). The average Bonchev–Trinajstić information content (AvgIpc) is 2.76. The smallest absolute Gasteiger partial charge is 0.159 e. The first-order valence-electron chi connectivity index (χ1n) is 13.0. The van der Waals surface area contributed by atoms with Gasteiger partial charge in [0.05, 0.1) is 0 Å². The van der Waals surface area contributed by atoms with Crippen LogP contribution in [-0.2, 0) is 0 Å². The van der Waals surface area contributed by atoms with Crippen molar-refractivity contribution in [2.24, 2.45) is 0 Å². The second-order valence-electron chi connectivity index (χ2n) is 9.04. The van der Waals surface area contributed by atoms with E-state index in [9.17, 15) is 4.79 Å². The largest absolute Gasteiger partial charge is 0.372 e. The van der Waals surface area contributed by atoms with Crippen LogP contribution in [0.25, 0.3) is 0 Å². The van der Waals surface area contributed by atoms with Crippen LogP contribution in [0.4, 0.5) is 5.69 Å². The summed E-state index contributed by atoms with van der Waals surface area (Å²) in [5, 5.41) is 0. The Balaban J connectivity index is 2.37. The average molecular weight is 416 g/mol. The lowest BCUT2D eigenvalue weighted by Crippen LogP contribution is -2.25. The molecule has 0 bridgehead atoms. The van der Waals surface area contributed by atoms with Gasteiger partial charge in [0, 0.05) is 24.3 Å². The number of anilines is 1. The molecule has 30 heavy (non-hydrogen) atoms. The first-order valence-corrected chi connectivity index (χ1v) is 13.0. The van der Waals surface area contributed by atoms with E-state index in [4.69, 9.17) is 0 Å². The van der Waals surface area contributed by atoms with E-state index in [1.54, 1.807) is 6.92 Å². The molecular formula is C28H49NO. The fraction of sp³-hybridized carbons (Fsp3) is 0.750. The third-order valence-corrected chi connectivity index (χ3v) is 6.20. The van der Waals surface area contributed by atoms with Crippen molar-refractivity contribution in [1.82, 2.24) is 0 Å². The Hall–Kier alpha value is -1.31. The molecular weight excluding hydrogens is 366 g/mol. The van der Waals surface area contributed by atoms with E-state index >= 15 is 0 Å². The molecule has 0 radical (unpaired) electrons. The highest BCUT2D eigenvalue weighted by molar-refractivity contribution is 5.94. The summed E-state index contributed by atoms with van der Waals surface area (Å²) in [5.41, 5.74) is 2.10. The van der Waals surface area contributed by atoms with Crippen molar-refractivity contribution in [3.8, 4) is 0 Å². The minimum Gasteiger partial charge on any atom is -0.372 e. The molecule has 1 aromatic carbocycles. The molecule has 0 saturated carbocycles. The van der Waals surface area contributed by atoms with Crippen molar-refractivity contribution in [3.05, 3.63) is 29.8 Å². The maximum atomic E-state index is 11.6. The minimum absolute atomic E-state index is 0.152. The SMILES string of the molecule is CCCCCCCCCCN(CCCCCCCCCC)c1ccc(C(C)=O)cc1. The molecule has 0 aliphatic heterocycles. The van der Waals surface area contributed by atoms with Crippen LogP contribution in [0.15, 0.2) is 24.3 Å². The maximum Gasteiger partial charge on any atom is 0.159 e. The lowest BCUT2D eigenvalue weighted by molar-refractivity contribution is 0.101. The molecule has 0 saturated heterocycles. The molecule has 0 spiro atoms. The molecule has 0 aromatic heterocycles. The van der Waals surface area contributed by atoms with Gasteiger partial charge in [0.15, 0.2) is 5.78 Å². The molecule has 2 heteroatoms. The van der Waals surface area contributed by atoms with Crippen molar-refractivity contribution in [2.45, 2.75) is 124 Å². The second kappa shape index (κ2) is 18.5. The van der Waals surface area contributed by atoms with E-state index in [-0.39, 0.29) is 5.78 Å². The summed E-state index contributed by atoms with van der Waals surface area (Å²) in [5.74, 6) is 0.152. The number of unbranched alkanes of at least 4 members (excludes halogenated alkanes) is 14. The zero-order valence-electron chi connectivity index (χ0n) is 20.4. The standard InChI is InChI=1S/C28H49NO/c1-4-6-8-10-12-14-16-18-24-29(25-19-17-15-13-11-9-7-5-2)28-22-20-27(21-23-28)26(3)30/h20-23H,4-19,24-25H2,1-3H3. The molecule has 0 unspecified atom stereocenters. The van der Waals surface area contributed by atoms with Crippen molar-refractivity contribution in [2.75, 3.05) is 18.0 Å². The number of carbonyl (C=O) groups excluding carboxylic acids is 1. The Morgan fingerprint density at radius 1 is 0.600 bits per heavy atom. The maximum absolute atomic E-state index is 11.6. The van der Waals surface area contributed by atoms with Crippen LogP contribution >= 0.6 is 0 Å². The number of benzene rings is 1. The van der Waals surface area contributed by atoms with E-state index in [2.05, 4.69) is 30.9 Å². The third-order valence-electron chi connectivity index (χ3n) is 6.20. The van der Waals surface area contributed by atoms with Crippen LogP contribution in [0.2, 0.25) is 0 Å². The van der Waals surface area contributed by atoms with Crippen molar-refractivity contribution in [1.29, 1.82) is 0 Å². The number of nitrogens with zero attached hydrogens (tertiary/aromatic N) is 1. The minimum atomic E-state index is 0.152. The molecule has 0 N–H and O–H groups in total. The predicted octanol–water partition coefficient (Wildman–Crippen LogP) is 8.98. The van der Waals surface area contributed by atoms with Gasteiger partial charge >= 0.3 is 0 Å². The Kier molecular flexibility index (Phi) is 16.4. The third kappa shape index (κ3) is 13.1. The van der Waals surface area contributed by atoms with E-state index in [1.807, 2.05) is 12.1 Å². The Bertz CT molecular complexity index is 502. The number of Topliss-reactive ketones (excluding diaryl/α,β-unsaturated/α-hetero) is 1. The Morgan fingerprint density at radius 3 is 1.33 bits per heavy atom. The van der Waals surface area contributed by atoms with Crippen LogP contribution in [0.5, 0.6) is 0 Å². The van der Waals surface area contributed by atoms with Crippen LogP contribution in [-0.4, -0.2) is 18.9 Å². The number of rotatable bonds is 20. The normalized spacial score (nSPS) is 11.0. The van der Waals surface area contributed by atoms with E-state index in [0.29, 0.717) is 0 Å². The van der Waals surface area contributed by atoms with Crippen LogP contribution < -0.4 is 4.90 Å². The van der Waals surface area contributed by atoms with Gasteiger partial charge in [-0.1, -0.05) is 104 Å². The van der Waals surface area contributed by atoms with Crippen molar-refractivity contribution < 1.29 is 4.79 Å². The molecule has 0 atom stereocenters. The summed E-state index contributed by atoms with van der Waals surface area (Å²) >= 11 is 0. The van der Waals surface area contributed by atoms with Gasteiger partial charge in [-0.05, 0) is 44.0 Å². The van der Waals surface area contributed by atoms with Gasteiger partial charge < -0.3 is 4.90 Å². The highest BCUT2D eigenvalue weighted by Crippen LogP contribution is 2.19. The van der Waals surface area contributed by atoms with Gasteiger partial charge in [-0.3, -0.25) is 4.79 Å². The summed E-state index contributed by atoms with van der Waals surface area (Å²) in [6.07, 6.45) is 21.8. The monoisotopic (exact) mass is 415 g/mol. The fourth-order valence-electron chi connectivity index (χ4n) is 4.15. The molecule has 2 nitrogen and oxygen atoms in total. The first kappa shape index (κ1) is 26.7. The highest BCUT2D eigenvalue weighted by atomic mass is 16.1. The van der Waals surface area contributed by atoms with Gasteiger partial charge in [0.1, 0.15) is 0 Å². The van der Waals surface area contributed by atoms with Crippen LogP contribution in [0.1, 0.15) is 134 Å². The lowest BCUT2D eigenvalue weighted by Gasteiger charge is -2.25. The molecule has 1 aromatic rings. The molecule has 172 valence electrons. The molecule has 0 aliphatic rings. The second-order valence-corrected chi connectivity index (χ2v) is 9.04. The Morgan fingerprint density at radius 2 is 0.967 bits per heavy atom. The summed E-state index contributed by atoms with van der Waals surface area (Å²) in [6, 6.07) is 8.27. The molecule has 0 fully saturated rings. The predicted molar refractivity (Wildman–Crippen MR) is 134 cm³/mol. The van der Waals surface area contributed by atoms with E-state index in [1.165, 1.54) is 108 Å². The van der Waals surface area contributed by atoms with Crippen molar-refractivity contribution >= 4 is 11.5 Å². The van der Waals surface area contributed by atoms with E-state index < -0.39 is 0 Å². The number of hydrogen-bond donors (Lipinski definition) is 0. The van der Waals surface area contributed by atoms with Gasteiger partial charge in [-0.25, -0.2) is 0 Å². The highest BCUT2D eigenvalue weighted by Gasteiger charge is 2.08. The van der Waals surface area contributed by atoms with Gasteiger partial charge in [-0.2, -0.15) is 0 Å². The zero-order valence-corrected chi connectivity index (χ0v) is 20.4. The Labute approximate surface area is 187 Å².